The molecule has 118 valence electrons. The van der Waals surface area contributed by atoms with E-state index in [0.29, 0.717) is 30.1 Å². The summed E-state index contributed by atoms with van der Waals surface area (Å²) in [4.78, 5) is 16.6. The lowest BCUT2D eigenvalue weighted by Gasteiger charge is -2.30. The molecule has 3 heterocycles. The number of anilines is 1. The molecule has 0 spiro atoms. The van der Waals surface area contributed by atoms with E-state index < -0.39 is 6.10 Å². The molecule has 22 heavy (non-hydrogen) atoms. The molecule has 1 amide bonds. The molecule has 0 radical (unpaired) electrons. The fraction of sp³-hybridized carbons (Fsp3) is 0.600. The summed E-state index contributed by atoms with van der Waals surface area (Å²) in [7, 11) is 0. The number of rotatable bonds is 4. The van der Waals surface area contributed by atoms with Crippen molar-refractivity contribution in [3.05, 3.63) is 16.0 Å². The minimum absolute atomic E-state index is 0.143. The van der Waals surface area contributed by atoms with E-state index in [2.05, 4.69) is 11.0 Å². The number of β-amino-alcohol motifs (C(OH)–C–C–N with tert-alkyl or cyclic N) is 1. The summed E-state index contributed by atoms with van der Waals surface area (Å²) in [5.41, 5.74) is 7.59. The lowest BCUT2D eigenvalue weighted by atomic mass is 10.0. The van der Waals surface area contributed by atoms with Gasteiger partial charge >= 0.3 is 0 Å². The highest BCUT2D eigenvalue weighted by Gasteiger charge is 2.27. The summed E-state index contributed by atoms with van der Waals surface area (Å²) in [6.07, 6.45) is 1.76. The number of aliphatic hydroxyl groups excluding tert-OH is 1. The van der Waals surface area contributed by atoms with Crippen molar-refractivity contribution >= 4 is 22.2 Å². The van der Waals surface area contributed by atoms with Gasteiger partial charge in [-0.3, -0.25) is 9.69 Å². The molecule has 0 aromatic carbocycles. The van der Waals surface area contributed by atoms with Gasteiger partial charge in [-0.2, -0.15) is 5.26 Å². The first-order valence-corrected chi connectivity index (χ1v) is 8.38. The number of carbonyl (C=O) groups excluding carboxylic acids is 1. The molecule has 0 bridgehead atoms. The molecule has 0 saturated carbocycles. The van der Waals surface area contributed by atoms with Crippen LogP contribution in [0.25, 0.3) is 0 Å². The van der Waals surface area contributed by atoms with Crippen LogP contribution in [-0.4, -0.2) is 53.1 Å². The second-order valence-corrected chi connectivity index (χ2v) is 7.07. The molecular weight excluding hydrogens is 300 g/mol. The van der Waals surface area contributed by atoms with Gasteiger partial charge in [0.05, 0.1) is 11.7 Å². The molecular formula is C15H20N4O2S. The predicted octanol–water partition coefficient (Wildman–Crippen LogP) is 0.543. The van der Waals surface area contributed by atoms with Gasteiger partial charge in [0.2, 0.25) is 5.91 Å². The summed E-state index contributed by atoms with van der Waals surface area (Å²) in [6.45, 7) is 3.24. The topological polar surface area (TPSA) is 93.6 Å². The number of nitrogens with two attached hydrogens (primary N) is 1. The van der Waals surface area contributed by atoms with Crippen molar-refractivity contribution in [2.45, 2.75) is 31.9 Å². The second kappa shape index (κ2) is 6.24. The molecule has 0 aliphatic carbocycles. The fourth-order valence-electron chi connectivity index (χ4n) is 3.26. The first-order chi connectivity index (χ1) is 10.6. The van der Waals surface area contributed by atoms with Crippen LogP contribution in [0.4, 0.5) is 5.00 Å². The van der Waals surface area contributed by atoms with E-state index in [1.807, 2.05) is 0 Å². The zero-order chi connectivity index (χ0) is 15.7. The van der Waals surface area contributed by atoms with Gasteiger partial charge in [0, 0.05) is 44.0 Å². The lowest BCUT2D eigenvalue weighted by Crippen LogP contribution is -2.42. The minimum Gasteiger partial charge on any atom is -0.390 e. The van der Waals surface area contributed by atoms with Crippen molar-refractivity contribution < 1.29 is 9.90 Å². The predicted molar refractivity (Wildman–Crippen MR) is 84.2 cm³/mol. The third kappa shape index (κ3) is 2.95. The highest BCUT2D eigenvalue weighted by atomic mass is 32.1. The van der Waals surface area contributed by atoms with Crippen molar-refractivity contribution in [3.63, 3.8) is 0 Å². The van der Waals surface area contributed by atoms with E-state index in [1.54, 1.807) is 4.90 Å². The quantitative estimate of drug-likeness (QED) is 0.845. The molecule has 3 rings (SSSR count). The number of carbonyl (C=O) groups is 1. The minimum atomic E-state index is -0.531. The van der Waals surface area contributed by atoms with Crippen LogP contribution in [0.1, 0.15) is 28.8 Å². The van der Waals surface area contributed by atoms with E-state index in [1.165, 1.54) is 11.3 Å². The first-order valence-electron chi connectivity index (χ1n) is 7.56. The Kier molecular flexibility index (Phi) is 4.34. The van der Waals surface area contributed by atoms with Crippen molar-refractivity contribution in [3.8, 4) is 6.07 Å². The van der Waals surface area contributed by atoms with E-state index >= 15 is 0 Å². The monoisotopic (exact) mass is 320 g/mol. The highest BCUT2D eigenvalue weighted by molar-refractivity contribution is 7.16. The number of aliphatic hydroxyl groups is 1. The molecule has 1 atom stereocenters. The molecule has 3 N–H and O–H groups in total. The van der Waals surface area contributed by atoms with Crippen LogP contribution in [0.5, 0.6) is 0 Å². The van der Waals surface area contributed by atoms with E-state index in [0.717, 1.165) is 42.9 Å². The Hall–Kier alpha value is -1.62. The average Bonchev–Trinajstić information content (AvgIpc) is 3.01. The van der Waals surface area contributed by atoms with Crippen LogP contribution in [0, 0.1) is 11.3 Å². The Morgan fingerprint density at radius 1 is 1.36 bits per heavy atom. The smallest absolute Gasteiger partial charge is 0.222 e. The molecule has 7 heteroatoms. The van der Waals surface area contributed by atoms with Crippen LogP contribution in [0.15, 0.2) is 0 Å². The van der Waals surface area contributed by atoms with Crippen LogP contribution < -0.4 is 5.73 Å². The molecule has 1 fully saturated rings. The van der Waals surface area contributed by atoms with Crippen molar-refractivity contribution in [2.75, 3.05) is 31.9 Å². The summed E-state index contributed by atoms with van der Waals surface area (Å²) < 4.78 is 0. The van der Waals surface area contributed by atoms with E-state index in [-0.39, 0.29) is 5.91 Å². The Morgan fingerprint density at radius 3 is 2.86 bits per heavy atom. The molecule has 1 aromatic heterocycles. The Bertz CT molecular complexity index is 622. The van der Waals surface area contributed by atoms with Gasteiger partial charge in [0.1, 0.15) is 11.1 Å². The summed E-state index contributed by atoms with van der Waals surface area (Å²) in [6, 6.07) is 2.19. The number of hydrogen-bond donors (Lipinski definition) is 2. The molecule has 1 aromatic rings. The summed E-state index contributed by atoms with van der Waals surface area (Å²) >= 11 is 1.47. The van der Waals surface area contributed by atoms with Gasteiger partial charge in [-0.15, -0.1) is 11.3 Å². The van der Waals surface area contributed by atoms with Crippen molar-refractivity contribution in [1.29, 1.82) is 5.26 Å². The fourth-order valence-corrected chi connectivity index (χ4v) is 4.37. The van der Waals surface area contributed by atoms with Gasteiger partial charge in [0.25, 0.3) is 0 Å². The summed E-state index contributed by atoms with van der Waals surface area (Å²) in [5, 5.41) is 20.0. The van der Waals surface area contributed by atoms with Crippen molar-refractivity contribution in [1.82, 2.24) is 9.80 Å². The van der Waals surface area contributed by atoms with Gasteiger partial charge in [-0.25, -0.2) is 0 Å². The molecule has 1 saturated heterocycles. The maximum atomic E-state index is 11.6. The van der Waals surface area contributed by atoms with Gasteiger partial charge in [-0.1, -0.05) is 0 Å². The third-order valence-electron chi connectivity index (χ3n) is 4.35. The van der Waals surface area contributed by atoms with Crippen molar-refractivity contribution in [2.24, 2.45) is 0 Å². The van der Waals surface area contributed by atoms with Crippen LogP contribution in [0.3, 0.4) is 0 Å². The number of nitrogen functional groups attached to an aromatic ring is 1. The third-order valence-corrected chi connectivity index (χ3v) is 5.39. The number of nitriles is 1. The zero-order valence-electron chi connectivity index (χ0n) is 12.4. The summed E-state index contributed by atoms with van der Waals surface area (Å²) in [5.74, 6) is 0.143. The number of thiophene rings is 1. The molecule has 1 unspecified atom stereocenters. The molecule has 2 aliphatic heterocycles. The molecule has 2 aliphatic rings. The Morgan fingerprint density at radius 2 is 2.18 bits per heavy atom. The number of nitrogens with zero attached hydrogens (tertiary/aromatic N) is 3. The SMILES string of the molecule is N#Cc1c(N)sc2c1CCN(CC(O)CN1CCCC1=O)C2. The first kappa shape index (κ1) is 15.3. The lowest BCUT2D eigenvalue weighted by molar-refractivity contribution is -0.129. The van der Waals surface area contributed by atoms with Crippen LogP contribution in [0.2, 0.25) is 0 Å². The number of amides is 1. The number of likely N-dealkylation sites (tertiary alicyclic amines) is 1. The zero-order valence-corrected chi connectivity index (χ0v) is 13.2. The number of hydrogen-bond acceptors (Lipinski definition) is 6. The van der Waals surface area contributed by atoms with E-state index in [9.17, 15) is 9.90 Å². The highest BCUT2D eigenvalue weighted by Crippen LogP contribution is 2.34. The standard InChI is InChI=1S/C15H20N4O2S/c16-6-12-11-3-5-18(9-13(11)22-15(12)17)7-10(20)8-19-4-1-2-14(19)21/h10,20H,1-5,7-9,17H2. The largest absolute Gasteiger partial charge is 0.390 e. The Labute approximate surface area is 133 Å². The van der Waals surface area contributed by atoms with Gasteiger partial charge in [-0.05, 0) is 18.4 Å². The van der Waals surface area contributed by atoms with Crippen LogP contribution >= 0.6 is 11.3 Å². The average molecular weight is 320 g/mol. The van der Waals surface area contributed by atoms with E-state index in [4.69, 9.17) is 11.0 Å². The number of fused-ring (bicyclic) bond motifs is 1. The normalized spacial score (nSPS) is 20.0. The van der Waals surface area contributed by atoms with Gasteiger partial charge < -0.3 is 15.7 Å². The maximum Gasteiger partial charge on any atom is 0.222 e. The Balaban J connectivity index is 1.58. The second-order valence-electron chi connectivity index (χ2n) is 5.94. The molecule has 6 nitrogen and oxygen atoms in total. The van der Waals surface area contributed by atoms with Gasteiger partial charge in [0.15, 0.2) is 0 Å². The van der Waals surface area contributed by atoms with Crippen LogP contribution in [-0.2, 0) is 17.8 Å². The maximum absolute atomic E-state index is 11.6.